The number of carbonyl (C=O) groups excluding carboxylic acids is 4. The highest BCUT2D eigenvalue weighted by Crippen LogP contribution is 2.37. The Balaban J connectivity index is 1.90. The summed E-state index contributed by atoms with van der Waals surface area (Å²) < 4.78 is 9.89. The highest BCUT2D eigenvalue weighted by Gasteiger charge is 2.60. The van der Waals surface area contributed by atoms with Crippen LogP contribution in [0.1, 0.15) is 20.7 Å². The summed E-state index contributed by atoms with van der Waals surface area (Å²) in [6, 6.07) is 6.29. The van der Waals surface area contributed by atoms with E-state index >= 15 is 0 Å². The average Bonchev–Trinajstić information content (AvgIpc) is 2.83. The van der Waals surface area contributed by atoms with E-state index in [1.807, 2.05) is 0 Å². The first-order valence-electron chi connectivity index (χ1n) is 7.08. The van der Waals surface area contributed by atoms with Crippen LogP contribution in [0, 0.1) is 0 Å². The molecule has 1 unspecified atom stereocenters. The van der Waals surface area contributed by atoms with Crippen LogP contribution < -0.4 is 0 Å². The van der Waals surface area contributed by atoms with Crippen molar-refractivity contribution >= 4 is 23.8 Å². The minimum atomic E-state index is -1.87. The standard InChI is InChI=1S/C17H13NO6/c1-3-8-23-16(22)17(10(2)15(21)24-17)9-18-13(19)11-6-4-5-7-12(11)14(18)20/h3-7H,1-2,8-9H2. The molecule has 1 aromatic rings. The number of rotatable bonds is 5. The van der Waals surface area contributed by atoms with Gasteiger partial charge >= 0.3 is 11.9 Å². The molecule has 122 valence electrons. The van der Waals surface area contributed by atoms with Crippen molar-refractivity contribution in [3.05, 3.63) is 60.2 Å². The molecule has 2 amide bonds. The summed E-state index contributed by atoms with van der Waals surface area (Å²) in [7, 11) is 0. The number of esters is 2. The van der Waals surface area contributed by atoms with Gasteiger partial charge in [0.25, 0.3) is 17.4 Å². The summed E-state index contributed by atoms with van der Waals surface area (Å²) in [5.41, 5.74) is -1.57. The predicted molar refractivity (Wildman–Crippen MR) is 80.9 cm³/mol. The normalized spacial score (nSPS) is 21.9. The lowest BCUT2D eigenvalue weighted by Crippen LogP contribution is -2.63. The first-order chi connectivity index (χ1) is 11.4. The second-order valence-electron chi connectivity index (χ2n) is 5.32. The Labute approximate surface area is 137 Å². The predicted octanol–water partition coefficient (Wildman–Crippen LogP) is 0.864. The van der Waals surface area contributed by atoms with E-state index in [2.05, 4.69) is 13.2 Å². The van der Waals surface area contributed by atoms with Crippen LogP contribution in [-0.4, -0.2) is 47.4 Å². The number of hydrogen-bond acceptors (Lipinski definition) is 6. The highest BCUT2D eigenvalue weighted by atomic mass is 16.6. The molecule has 1 saturated heterocycles. The Morgan fingerprint density at radius 2 is 1.79 bits per heavy atom. The van der Waals surface area contributed by atoms with Gasteiger partial charge in [0.2, 0.25) is 0 Å². The minimum absolute atomic E-state index is 0.104. The number of cyclic esters (lactones) is 1. The Morgan fingerprint density at radius 1 is 1.21 bits per heavy atom. The molecule has 24 heavy (non-hydrogen) atoms. The van der Waals surface area contributed by atoms with Crippen molar-refractivity contribution in [1.82, 2.24) is 4.90 Å². The number of amides is 2. The maximum Gasteiger partial charge on any atom is 0.357 e. The molecule has 0 radical (unpaired) electrons. The van der Waals surface area contributed by atoms with Gasteiger partial charge in [0.15, 0.2) is 0 Å². The van der Waals surface area contributed by atoms with Crippen LogP contribution in [0.5, 0.6) is 0 Å². The van der Waals surface area contributed by atoms with E-state index in [-0.39, 0.29) is 23.3 Å². The van der Waals surface area contributed by atoms with Crippen LogP contribution in [0.2, 0.25) is 0 Å². The van der Waals surface area contributed by atoms with Gasteiger partial charge in [-0.15, -0.1) is 0 Å². The van der Waals surface area contributed by atoms with Crippen molar-refractivity contribution in [3.8, 4) is 0 Å². The number of benzene rings is 1. The zero-order chi connectivity index (χ0) is 17.5. The number of carbonyl (C=O) groups is 4. The second-order valence-corrected chi connectivity index (χ2v) is 5.32. The van der Waals surface area contributed by atoms with Crippen molar-refractivity contribution < 1.29 is 28.7 Å². The van der Waals surface area contributed by atoms with Crippen LogP contribution in [0.4, 0.5) is 0 Å². The molecule has 1 atom stereocenters. The summed E-state index contributed by atoms with van der Waals surface area (Å²) in [6.45, 7) is 6.36. The maximum atomic E-state index is 12.4. The Morgan fingerprint density at radius 3 is 2.25 bits per heavy atom. The quantitative estimate of drug-likeness (QED) is 0.345. The van der Waals surface area contributed by atoms with E-state index in [1.54, 1.807) is 12.1 Å². The molecular weight excluding hydrogens is 314 g/mol. The molecule has 0 bridgehead atoms. The topological polar surface area (TPSA) is 90.0 Å². The van der Waals surface area contributed by atoms with Crippen LogP contribution in [0.25, 0.3) is 0 Å². The molecule has 0 spiro atoms. The Hall–Kier alpha value is -3.22. The van der Waals surface area contributed by atoms with Crippen molar-refractivity contribution in [2.75, 3.05) is 13.2 Å². The maximum absolute atomic E-state index is 12.4. The summed E-state index contributed by atoms with van der Waals surface area (Å²) in [4.78, 5) is 49.4. The number of nitrogens with zero attached hydrogens (tertiary/aromatic N) is 1. The first kappa shape index (κ1) is 15.7. The molecule has 0 aromatic heterocycles. The summed E-state index contributed by atoms with van der Waals surface area (Å²) in [6.07, 6.45) is 1.34. The lowest BCUT2D eigenvalue weighted by atomic mass is 9.88. The van der Waals surface area contributed by atoms with Gasteiger partial charge in [0.1, 0.15) is 6.61 Å². The molecule has 0 aliphatic carbocycles. The monoisotopic (exact) mass is 327 g/mol. The summed E-state index contributed by atoms with van der Waals surface area (Å²) in [5, 5.41) is 0. The number of fused-ring (bicyclic) bond motifs is 1. The molecule has 1 aromatic carbocycles. The van der Waals surface area contributed by atoms with E-state index in [4.69, 9.17) is 9.47 Å². The van der Waals surface area contributed by atoms with Gasteiger partial charge in [-0.1, -0.05) is 31.4 Å². The van der Waals surface area contributed by atoms with Crippen LogP contribution in [0.3, 0.4) is 0 Å². The van der Waals surface area contributed by atoms with Crippen LogP contribution in [-0.2, 0) is 19.1 Å². The summed E-state index contributed by atoms with van der Waals surface area (Å²) in [5.74, 6) is -2.81. The lowest BCUT2D eigenvalue weighted by Gasteiger charge is -2.41. The van der Waals surface area contributed by atoms with Crippen molar-refractivity contribution in [2.24, 2.45) is 0 Å². The highest BCUT2D eigenvalue weighted by molar-refractivity contribution is 6.22. The van der Waals surface area contributed by atoms with Crippen LogP contribution in [0.15, 0.2) is 49.1 Å². The SMILES string of the molecule is C=CCOC(=O)C1(CN2C(=O)c3ccccc3C2=O)OC(=O)C1=C. The molecule has 2 aliphatic heterocycles. The van der Waals surface area contributed by atoms with Gasteiger partial charge < -0.3 is 9.47 Å². The van der Waals surface area contributed by atoms with Gasteiger partial charge in [0.05, 0.1) is 23.2 Å². The Kier molecular flexibility index (Phi) is 3.56. The van der Waals surface area contributed by atoms with Gasteiger partial charge in [0, 0.05) is 0 Å². The third kappa shape index (κ3) is 2.05. The largest absolute Gasteiger partial charge is 0.458 e. The first-order valence-corrected chi connectivity index (χ1v) is 7.08. The molecule has 1 fully saturated rings. The van der Waals surface area contributed by atoms with E-state index in [0.717, 1.165) is 4.90 Å². The zero-order valence-electron chi connectivity index (χ0n) is 12.6. The fraction of sp³-hybridized carbons (Fsp3) is 0.176. The third-order valence-corrected chi connectivity index (χ3v) is 3.92. The molecule has 0 N–H and O–H groups in total. The minimum Gasteiger partial charge on any atom is -0.458 e. The number of ether oxygens (including phenoxy) is 2. The Bertz CT molecular complexity index is 776. The van der Waals surface area contributed by atoms with E-state index < -0.39 is 35.9 Å². The van der Waals surface area contributed by atoms with Gasteiger partial charge in [-0.3, -0.25) is 14.5 Å². The molecule has 3 rings (SSSR count). The average molecular weight is 327 g/mol. The van der Waals surface area contributed by atoms with E-state index in [9.17, 15) is 19.2 Å². The molecule has 2 aliphatic rings. The lowest BCUT2D eigenvalue weighted by molar-refractivity contribution is -0.191. The fourth-order valence-corrected chi connectivity index (χ4v) is 2.61. The van der Waals surface area contributed by atoms with Gasteiger partial charge in [-0.25, -0.2) is 9.59 Å². The van der Waals surface area contributed by atoms with Crippen molar-refractivity contribution in [3.63, 3.8) is 0 Å². The van der Waals surface area contributed by atoms with Gasteiger partial charge in [-0.05, 0) is 12.1 Å². The molecule has 2 heterocycles. The van der Waals surface area contributed by atoms with Crippen LogP contribution >= 0.6 is 0 Å². The smallest absolute Gasteiger partial charge is 0.357 e. The number of hydrogen-bond donors (Lipinski definition) is 0. The molecular formula is C17H13NO6. The zero-order valence-corrected chi connectivity index (χ0v) is 12.6. The number of imide groups is 1. The fourth-order valence-electron chi connectivity index (χ4n) is 2.61. The third-order valence-electron chi connectivity index (χ3n) is 3.92. The molecule has 0 saturated carbocycles. The summed E-state index contributed by atoms with van der Waals surface area (Å²) >= 11 is 0. The molecule has 7 heteroatoms. The van der Waals surface area contributed by atoms with E-state index in [0.29, 0.717) is 0 Å². The van der Waals surface area contributed by atoms with Gasteiger partial charge in [-0.2, -0.15) is 0 Å². The van der Waals surface area contributed by atoms with Crippen molar-refractivity contribution in [2.45, 2.75) is 5.60 Å². The van der Waals surface area contributed by atoms with Crippen molar-refractivity contribution in [1.29, 1.82) is 0 Å². The van der Waals surface area contributed by atoms with E-state index in [1.165, 1.54) is 18.2 Å². The molecule has 7 nitrogen and oxygen atoms in total. The second kappa shape index (κ2) is 5.45.